The third-order valence-electron chi connectivity index (χ3n) is 5.48. The molecule has 0 bridgehead atoms. The van der Waals surface area contributed by atoms with Crippen LogP contribution >= 0.6 is 0 Å². The Hall–Kier alpha value is -2.66. The highest BCUT2D eigenvalue weighted by molar-refractivity contribution is 5.83. The summed E-state index contributed by atoms with van der Waals surface area (Å²) < 4.78 is 1.73. The van der Waals surface area contributed by atoms with Gasteiger partial charge in [-0.05, 0) is 63.2 Å². The van der Waals surface area contributed by atoms with Gasteiger partial charge >= 0.3 is 0 Å². The maximum atomic E-state index is 13.1. The van der Waals surface area contributed by atoms with E-state index in [2.05, 4.69) is 11.9 Å². The summed E-state index contributed by atoms with van der Waals surface area (Å²) in [6, 6.07) is 15.1. The molecule has 1 aliphatic heterocycles. The Morgan fingerprint density at radius 3 is 2.56 bits per heavy atom. The van der Waals surface area contributed by atoms with Gasteiger partial charge in [-0.25, -0.2) is 4.68 Å². The fraction of sp³-hybridized carbons (Fsp3) is 0.364. The summed E-state index contributed by atoms with van der Waals surface area (Å²) in [6.45, 7) is 2.05. The summed E-state index contributed by atoms with van der Waals surface area (Å²) in [5.74, 6) is 0.254. The van der Waals surface area contributed by atoms with Crippen molar-refractivity contribution in [3.63, 3.8) is 0 Å². The van der Waals surface area contributed by atoms with E-state index in [4.69, 9.17) is 5.10 Å². The Bertz CT molecular complexity index is 995. The summed E-state index contributed by atoms with van der Waals surface area (Å²) in [5.41, 5.74) is 1.99. The number of phenolic OH excluding ortho intramolecular Hbond substituents is 1. The van der Waals surface area contributed by atoms with E-state index in [1.54, 1.807) is 16.8 Å². The van der Waals surface area contributed by atoms with E-state index in [9.17, 15) is 9.90 Å². The van der Waals surface area contributed by atoms with E-state index >= 15 is 0 Å². The number of rotatable bonds is 3. The van der Waals surface area contributed by atoms with E-state index in [1.165, 1.54) is 0 Å². The number of hydrogen-bond acceptors (Lipinski definition) is 4. The molecule has 27 heavy (non-hydrogen) atoms. The van der Waals surface area contributed by atoms with Gasteiger partial charge in [0.2, 0.25) is 0 Å². The van der Waals surface area contributed by atoms with E-state index in [-0.39, 0.29) is 17.4 Å². The molecule has 1 aliphatic rings. The van der Waals surface area contributed by atoms with Crippen molar-refractivity contribution in [2.75, 3.05) is 20.1 Å². The van der Waals surface area contributed by atoms with Crippen LogP contribution in [0.25, 0.3) is 10.8 Å². The largest absolute Gasteiger partial charge is 0.508 e. The van der Waals surface area contributed by atoms with Crippen LogP contribution in [0.4, 0.5) is 0 Å². The number of aromatic hydroxyl groups is 1. The lowest BCUT2D eigenvalue weighted by atomic mass is 10.0. The predicted molar refractivity (Wildman–Crippen MR) is 107 cm³/mol. The zero-order chi connectivity index (χ0) is 18.8. The number of hydrogen-bond donors (Lipinski definition) is 1. The van der Waals surface area contributed by atoms with Crippen LogP contribution in [0.1, 0.15) is 36.6 Å². The van der Waals surface area contributed by atoms with Gasteiger partial charge in [0.05, 0.1) is 17.1 Å². The number of benzene rings is 2. The van der Waals surface area contributed by atoms with Crippen molar-refractivity contribution < 1.29 is 5.11 Å². The third kappa shape index (κ3) is 3.74. The number of nitrogens with zero attached hydrogens (tertiary/aromatic N) is 3. The van der Waals surface area contributed by atoms with Gasteiger partial charge in [0.25, 0.3) is 5.56 Å². The van der Waals surface area contributed by atoms with Gasteiger partial charge in [-0.15, -0.1) is 0 Å². The average molecular weight is 363 g/mol. The molecule has 1 aromatic heterocycles. The highest BCUT2D eigenvalue weighted by atomic mass is 16.3. The van der Waals surface area contributed by atoms with Gasteiger partial charge in [-0.2, -0.15) is 5.10 Å². The minimum atomic E-state index is 0.00890. The van der Waals surface area contributed by atoms with Gasteiger partial charge in [-0.3, -0.25) is 4.79 Å². The number of likely N-dealkylation sites (tertiary alicyclic amines) is 1. The molecule has 2 aromatic carbocycles. The molecule has 0 radical (unpaired) electrons. The van der Waals surface area contributed by atoms with Crippen LogP contribution in [-0.2, 0) is 6.42 Å². The Kier molecular flexibility index (Phi) is 4.94. The normalized spacial score (nSPS) is 18.5. The molecule has 0 aliphatic carbocycles. The first-order chi connectivity index (χ1) is 13.1. The lowest BCUT2D eigenvalue weighted by Gasteiger charge is -2.19. The molecule has 5 heteroatoms. The predicted octanol–water partition coefficient (Wildman–Crippen LogP) is 3.35. The zero-order valence-electron chi connectivity index (χ0n) is 15.6. The standard InChI is InChI=1S/C22H25N3O2/c1-24-13-4-5-17(12-14-24)25-22(27)20-7-3-2-6-19(20)21(23-25)15-16-8-10-18(26)11-9-16/h2-3,6-11,17,26H,4-5,12-15H2,1H3. The van der Waals surface area contributed by atoms with Crippen LogP contribution in [-0.4, -0.2) is 39.9 Å². The van der Waals surface area contributed by atoms with Crippen LogP contribution in [0.15, 0.2) is 53.3 Å². The first-order valence-electron chi connectivity index (χ1n) is 9.59. The van der Waals surface area contributed by atoms with Gasteiger partial charge in [-0.1, -0.05) is 30.3 Å². The summed E-state index contributed by atoms with van der Waals surface area (Å²) in [6.07, 6.45) is 3.64. The van der Waals surface area contributed by atoms with Crippen LogP contribution < -0.4 is 5.56 Å². The summed E-state index contributed by atoms with van der Waals surface area (Å²) in [7, 11) is 2.13. The van der Waals surface area contributed by atoms with E-state index < -0.39 is 0 Å². The fourth-order valence-electron chi connectivity index (χ4n) is 3.93. The highest BCUT2D eigenvalue weighted by Gasteiger charge is 2.21. The van der Waals surface area contributed by atoms with Crippen LogP contribution in [0.5, 0.6) is 5.75 Å². The molecule has 2 heterocycles. The average Bonchev–Trinajstić information content (AvgIpc) is 2.90. The zero-order valence-corrected chi connectivity index (χ0v) is 15.6. The van der Waals surface area contributed by atoms with Crippen molar-refractivity contribution in [2.24, 2.45) is 0 Å². The van der Waals surface area contributed by atoms with Gasteiger partial charge in [0.15, 0.2) is 0 Å². The first-order valence-corrected chi connectivity index (χ1v) is 9.59. The molecule has 1 atom stereocenters. The molecule has 1 saturated heterocycles. The lowest BCUT2D eigenvalue weighted by molar-refractivity contribution is 0.334. The van der Waals surface area contributed by atoms with Gasteiger partial charge < -0.3 is 10.0 Å². The topological polar surface area (TPSA) is 58.4 Å². The van der Waals surface area contributed by atoms with Crippen molar-refractivity contribution in [1.29, 1.82) is 0 Å². The summed E-state index contributed by atoms with van der Waals surface area (Å²) in [5, 5.41) is 16.0. The van der Waals surface area contributed by atoms with Gasteiger partial charge in [0.1, 0.15) is 5.75 Å². The maximum absolute atomic E-state index is 13.1. The molecule has 0 amide bonds. The quantitative estimate of drug-likeness (QED) is 0.775. The summed E-state index contributed by atoms with van der Waals surface area (Å²) in [4.78, 5) is 15.4. The lowest BCUT2D eigenvalue weighted by Crippen LogP contribution is -2.29. The smallest absolute Gasteiger partial charge is 0.274 e. The molecule has 3 aromatic rings. The molecule has 140 valence electrons. The molecule has 0 spiro atoms. The molecule has 4 rings (SSSR count). The van der Waals surface area contributed by atoms with Gasteiger partial charge in [0, 0.05) is 11.8 Å². The molecular formula is C22H25N3O2. The van der Waals surface area contributed by atoms with Crippen LogP contribution in [0, 0.1) is 0 Å². The molecule has 5 nitrogen and oxygen atoms in total. The minimum Gasteiger partial charge on any atom is -0.508 e. The van der Waals surface area contributed by atoms with Crippen molar-refractivity contribution in [3.05, 3.63) is 70.1 Å². The Balaban J connectivity index is 1.79. The molecular weight excluding hydrogens is 338 g/mol. The molecule has 1 unspecified atom stereocenters. The van der Waals surface area contributed by atoms with Crippen LogP contribution in [0.3, 0.4) is 0 Å². The highest BCUT2D eigenvalue weighted by Crippen LogP contribution is 2.23. The van der Waals surface area contributed by atoms with E-state index in [1.807, 2.05) is 36.4 Å². The first kappa shape index (κ1) is 17.7. The minimum absolute atomic E-state index is 0.00890. The Morgan fingerprint density at radius 2 is 1.78 bits per heavy atom. The summed E-state index contributed by atoms with van der Waals surface area (Å²) >= 11 is 0. The van der Waals surface area contributed by atoms with Crippen molar-refractivity contribution >= 4 is 10.8 Å². The maximum Gasteiger partial charge on any atom is 0.274 e. The van der Waals surface area contributed by atoms with Crippen LogP contribution in [0.2, 0.25) is 0 Å². The van der Waals surface area contributed by atoms with E-state index in [0.29, 0.717) is 6.42 Å². The van der Waals surface area contributed by atoms with Crippen molar-refractivity contribution in [2.45, 2.75) is 31.7 Å². The number of phenols is 1. The number of fused-ring (bicyclic) bond motifs is 1. The Morgan fingerprint density at radius 1 is 1.04 bits per heavy atom. The Labute approximate surface area is 158 Å². The monoisotopic (exact) mass is 363 g/mol. The molecule has 1 N–H and O–H groups in total. The number of aromatic nitrogens is 2. The second-order valence-electron chi connectivity index (χ2n) is 7.47. The fourth-order valence-corrected chi connectivity index (χ4v) is 3.93. The van der Waals surface area contributed by atoms with E-state index in [0.717, 1.165) is 54.4 Å². The molecule has 0 saturated carbocycles. The molecule has 1 fully saturated rings. The SMILES string of the molecule is CN1CCCC(n2nc(Cc3ccc(O)cc3)c3ccccc3c2=O)CC1. The van der Waals surface area contributed by atoms with Crippen molar-refractivity contribution in [1.82, 2.24) is 14.7 Å². The second-order valence-corrected chi connectivity index (χ2v) is 7.47. The van der Waals surface area contributed by atoms with Crippen molar-refractivity contribution in [3.8, 4) is 5.75 Å². The second kappa shape index (κ2) is 7.53. The third-order valence-corrected chi connectivity index (χ3v) is 5.48.